The van der Waals surface area contributed by atoms with E-state index in [9.17, 15) is 112 Å². The highest BCUT2D eigenvalue weighted by Crippen LogP contribution is 2.30. The standard InChI is InChI=1S/C83H114N20O25S/c1-41(2)31-54(94-76(120)56(33-45-14-20-49(106)21-15-45)95-71(115)52(24-25-64(85)108)91-72(116)53(26-30-129-5)92-75(119)57(34-46-16-22-50(107)23-17-46)97-79(123)68(43(4)104)100-70(114)51(84)36-65(86)109)74(118)98-59(37-66(87)110)80(124)102-28-7-10-62(102)82(126)103-29-8-11-63(103)81(125)101-27-6-9-61(101)78(122)96-55(32-44-12-18-48(105)19-13-44)73(117)90-42(3)69(113)93-58(38-67(111)112)77(121)99-60(83(127)128)35-47-39-88-40-89-47/h12-23,39-43,51-63,68,104-107H,6-11,24-38,84H2,1-5H3,(H2,85,108)(H2,86,109)(H2,87,110)(H,88,89)(H,90,117)(H,91,116)(H,92,119)(H,93,113)(H,94,120)(H,95,115)(H,96,122)(H,97,123)(H,98,118)(H,99,121)(H,100,114)(H,111,112)(H,127,128)/t42-,43+,51-,52-,53-,54-,55-,56-,57-,58-,59-,60-,61-,62-,63-,68-/m0/s1. The fourth-order valence-corrected chi connectivity index (χ4v) is 15.3. The summed E-state index contributed by atoms with van der Waals surface area (Å²) in [6.07, 6.45) is -1.66. The molecule has 16 atom stereocenters. The molecule has 702 valence electrons. The first-order valence-corrected chi connectivity index (χ1v) is 43.2. The largest absolute Gasteiger partial charge is 0.508 e. The first-order valence-electron chi connectivity index (χ1n) is 41.8. The second-order valence-electron chi connectivity index (χ2n) is 32.3. The number of primary amides is 3. The van der Waals surface area contributed by atoms with Gasteiger partial charge in [-0.1, -0.05) is 50.2 Å². The Labute approximate surface area is 744 Å². The Morgan fingerprint density at radius 1 is 0.450 bits per heavy atom. The third-order valence-electron chi connectivity index (χ3n) is 21.6. The normalized spacial score (nSPS) is 17.8. The number of aromatic amines is 1. The predicted octanol–water partition coefficient (Wildman–Crippen LogP) is -5.79. The van der Waals surface area contributed by atoms with Crippen molar-refractivity contribution in [3.05, 3.63) is 108 Å². The number of benzene rings is 3. The van der Waals surface area contributed by atoms with E-state index in [1.807, 2.05) is 0 Å². The van der Waals surface area contributed by atoms with Gasteiger partial charge in [0.15, 0.2) is 0 Å². The molecule has 45 nitrogen and oxygen atoms in total. The lowest BCUT2D eigenvalue weighted by atomic mass is 10.00. The SMILES string of the molecule is CSCC[C@H](NC(=O)[C@H](Cc1ccc(O)cc1)NC(=O)[C@@H](NC(=O)[C@@H](N)CC(N)=O)[C@@H](C)O)C(=O)N[C@@H](CCC(N)=O)C(=O)N[C@@H](Cc1ccc(O)cc1)C(=O)N[C@@H](CC(C)C)C(=O)N[C@@H](CC(N)=O)C(=O)N1CCC[C@H]1C(=O)N1CCC[C@H]1C(=O)N1CCC[C@H]1C(=O)N[C@@H](Cc1ccc(O)cc1)C(=O)N[C@@H](C)C(=O)N[C@@H](CC(=O)O)C(=O)N[C@@H](Cc1cnc[nH]1)C(=O)O. The Morgan fingerprint density at radius 2 is 0.860 bits per heavy atom. The number of thioether (sulfide) groups is 1. The van der Waals surface area contributed by atoms with Gasteiger partial charge in [0.2, 0.25) is 100 Å². The highest BCUT2D eigenvalue weighted by atomic mass is 32.2. The van der Waals surface area contributed by atoms with Crippen molar-refractivity contribution in [3.8, 4) is 17.2 Å². The third-order valence-corrected chi connectivity index (χ3v) is 22.2. The number of aromatic hydroxyl groups is 3. The van der Waals surface area contributed by atoms with Crippen molar-refractivity contribution in [2.45, 2.75) is 234 Å². The molecule has 3 fully saturated rings. The van der Waals surface area contributed by atoms with Gasteiger partial charge in [-0.15, -0.1) is 0 Å². The number of amides is 17. The van der Waals surface area contributed by atoms with Crippen molar-refractivity contribution >= 4 is 124 Å². The van der Waals surface area contributed by atoms with Crippen LogP contribution in [0.25, 0.3) is 0 Å². The molecule has 3 aliphatic heterocycles. The number of aliphatic carboxylic acids is 2. The summed E-state index contributed by atoms with van der Waals surface area (Å²) >= 11 is 1.24. The Hall–Kier alpha value is -13.5. The van der Waals surface area contributed by atoms with Crippen LogP contribution >= 0.6 is 11.8 Å². The van der Waals surface area contributed by atoms with Crippen molar-refractivity contribution < 1.29 is 122 Å². The summed E-state index contributed by atoms with van der Waals surface area (Å²) in [6, 6.07) is -7.35. The van der Waals surface area contributed by atoms with Crippen molar-refractivity contribution in [2.75, 3.05) is 31.6 Å². The van der Waals surface area contributed by atoms with Crippen LogP contribution in [0.2, 0.25) is 0 Å². The average Bonchev–Trinajstić information content (AvgIpc) is 1.64. The van der Waals surface area contributed by atoms with Gasteiger partial charge in [-0.05, 0) is 143 Å². The first kappa shape index (κ1) is 103. The number of nitrogens with two attached hydrogens (primary N) is 4. The van der Waals surface area contributed by atoms with Crippen molar-refractivity contribution in [3.63, 3.8) is 0 Å². The second-order valence-corrected chi connectivity index (χ2v) is 33.3. The van der Waals surface area contributed by atoms with Gasteiger partial charge in [-0.2, -0.15) is 11.8 Å². The van der Waals surface area contributed by atoms with Crippen LogP contribution in [0.3, 0.4) is 0 Å². The van der Waals surface area contributed by atoms with Gasteiger partial charge in [-0.25, -0.2) is 9.78 Å². The number of likely N-dealkylation sites (tertiary alicyclic amines) is 3. The second kappa shape index (κ2) is 49.0. The summed E-state index contributed by atoms with van der Waals surface area (Å²) in [4.78, 5) is 273. The topological polar surface area (TPSA) is 721 Å². The molecular formula is C83H114N20O25S. The van der Waals surface area contributed by atoms with E-state index in [0.717, 1.165) is 11.8 Å². The summed E-state index contributed by atoms with van der Waals surface area (Å²) in [7, 11) is 0. The average molecular weight is 1820 g/mol. The van der Waals surface area contributed by atoms with E-state index in [0.29, 0.717) is 22.4 Å². The van der Waals surface area contributed by atoms with Gasteiger partial charge in [0.1, 0.15) is 102 Å². The summed E-state index contributed by atoms with van der Waals surface area (Å²) in [5, 5.41) is 87.6. The maximum Gasteiger partial charge on any atom is 0.326 e. The minimum absolute atomic E-state index is 0.00164. The number of carbonyl (C=O) groups excluding carboxylic acids is 17. The third kappa shape index (κ3) is 31.5. The molecule has 4 aromatic rings. The number of phenolic OH excluding ortho intramolecular Hbond substituents is 3. The molecule has 0 radical (unpaired) electrons. The lowest BCUT2D eigenvalue weighted by Gasteiger charge is -2.35. The van der Waals surface area contributed by atoms with E-state index in [1.54, 1.807) is 20.1 Å². The lowest BCUT2D eigenvalue weighted by molar-refractivity contribution is -0.151. The molecule has 26 N–H and O–H groups in total. The van der Waals surface area contributed by atoms with E-state index in [1.165, 1.54) is 114 Å². The smallest absolute Gasteiger partial charge is 0.326 e. The first-order chi connectivity index (χ1) is 61.0. The maximum absolute atomic E-state index is 15.0. The number of imidazole rings is 1. The number of nitrogens with one attached hydrogen (secondary N) is 12. The van der Waals surface area contributed by atoms with Crippen LogP contribution in [0.15, 0.2) is 85.3 Å². The summed E-state index contributed by atoms with van der Waals surface area (Å²) in [5.74, 6) is -20.7. The number of carboxylic acids is 2. The van der Waals surface area contributed by atoms with E-state index in [-0.39, 0.29) is 113 Å². The zero-order valence-electron chi connectivity index (χ0n) is 71.7. The molecule has 3 aromatic carbocycles. The van der Waals surface area contributed by atoms with Crippen LogP contribution in [0.4, 0.5) is 0 Å². The molecule has 1 aromatic heterocycles. The molecule has 3 aliphatic rings. The molecule has 0 saturated carbocycles. The van der Waals surface area contributed by atoms with Gasteiger partial charge < -0.3 is 132 Å². The number of aliphatic hydroxyl groups excluding tert-OH is 1. The molecular weight excluding hydrogens is 1710 g/mol. The quantitative estimate of drug-likeness (QED) is 0.0196. The Kier molecular flexibility index (Phi) is 38.9. The number of carbonyl (C=O) groups is 19. The van der Waals surface area contributed by atoms with Crippen LogP contribution in [0.5, 0.6) is 17.2 Å². The van der Waals surface area contributed by atoms with Crippen LogP contribution < -0.4 is 81.4 Å². The van der Waals surface area contributed by atoms with E-state index in [2.05, 4.69) is 68.5 Å². The molecule has 4 heterocycles. The van der Waals surface area contributed by atoms with E-state index >= 15 is 9.59 Å². The summed E-state index contributed by atoms with van der Waals surface area (Å²) in [6.45, 7) is 5.58. The van der Waals surface area contributed by atoms with Gasteiger partial charge in [0.05, 0.1) is 37.7 Å². The molecule has 0 spiro atoms. The predicted molar refractivity (Wildman–Crippen MR) is 457 cm³/mol. The maximum atomic E-state index is 15.0. The number of hydrogen-bond donors (Lipinski definition) is 22. The molecule has 0 unspecified atom stereocenters. The molecule has 7 rings (SSSR count). The highest BCUT2D eigenvalue weighted by Gasteiger charge is 2.48. The number of rotatable bonds is 49. The van der Waals surface area contributed by atoms with Crippen LogP contribution in [-0.2, 0) is 117 Å². The number of phenols is 3. The Bertz CT molecular complexity index is 4680. The van der Waals surface area contributed by atoms with Crippen molar-refractivity contribution in [2.24, 2.45) is 28.9 Å². The van der Waals surface area contributed by atoms with Crippen LogP contribution in [-0.4, -0.2) is 296 Å². The highest BCUT2D eigenvalue weighted by molar-refractivity contribution is 7.98. The van der Waals surface area contributed by atoms with Gasteiger partial charge in [-0.3, -0.25) is 86.3 Å². The number of aromatic nitrogens is 2. The van der Waals surface area contributed by atoms with Gasteiger partial charge in [0.25, 0.3) is 0 Å². The zero-order valence-corrected chi connectivity index (χ0v) is 72.5. The number of carboxylic acid groups (broad SMARTS) is 2. The van der Waals surface area contributed by atoms with E-state index in [4.69, 9.17) is 22.9 Å². The minimum atomic E-state index is -1.86. The van der Waals surface area contributed by atoms with Crippen LogP contribution in [0, 0.1) is 5.92 Å². The molecule has 0 aliphatic carbocycles. The van der Waals surface area contributed by atoms with Crippen molar-refractivity contribution in [1.29, 1.82) is 0 Å². The van der Waals surface area contributed by atoms with Gasteiger partial charge >= 0.3 is 11.9 Å². The molecule has 3 saturated heterocycles. The number of aliphatic hydroxyl groups is 1. The number of hydrogen-bond acceptors (Lipinski definition) is 26. The number of nitrogens with zero attached hydrogens (tertiary/aromatic N) is 4. The fourth-order valence-electron chi connectivity index (χ4n) is 14.9. The summed E-state index contributed by atoms with van der Waals surface area (Å²) in [5.41, 5.74) is 23.7. The van der Waals surface area contributed by atoms with Gasteiger partial charge in [0, 0.05) is 63.6 Å². The molecule has 46 heteroatoms. The van der Waals surface area contributed by atoms with Crippen LogP contribution in [0.1, 0.15) is 134 Å². The van der Waals surface area contributed by atoms with E-state index < -0.39 is 254 Å². The van der Waals surface area contributed by atoms with Crippen molar-refractivity contribution in [1.82, 2.24) is 83.2 Å². The minimum Gasteiger partial charge on any atom is -0.508 e. The molecule has 129 heavy (non-hydrogen) atoms. The molecule has 0 bridgehead atoms. The Morgan fingerprint density at radius 3 is 1.33 bits per heavy atom. The molecule has 17 amide bonds. The summed E-state index contributed by atoms with van der Waals surface area (Å²) < 4.78 is 0. The monoisotopic (exact) mass is 1820 g/mol. The number of H-pyrrole nitrogens is 1. The Balaban J connectivity index is 1.06. The fraction of sp³-hybridized carbons (Fsp3) is 0.518. The zero-order chi connectivity index (χ0) is 95.2. The lowest BCUT2D eigenvalue weighted by Crippen LogP contribution is -2.62.